The summed E-state index contributed by atoms with van der Waals surface area (Å²) in [6, 6.07) is 0.433. The van der Waals surface area contributed by atoms with E-state index >= 15 is 0 Å². The molecule has 1 fully saturated rings. The van der Waals surface area contributed by atoms with E-state index < -0.39 is 0 Å². The molecule has 0 radical (unpaired) electrons. The van der Waals surface area contributed by atoms with Crippen LogP contribution in [0.4, 0.5) is 0 Å². The molecule has 2 heteroatoms. The topological polar surface area (TPSA) is 24.4 Å². The van der Waals surface area contributed by atoms with Crippen molar-refractivity contribution in [3.05, 3.63) is 24.3 Å². The van der Waals surface area contributed by atoms with Crippen molar-refractivity contribution in [2.45, 2.75) is 71.0 Å². The molecule has 0 aromatic rings. The standard InChI is InChI=1S/C17H28N2/c1-15(2)11-14(12-16(3,4)19-15)18-13-17(5)9-7-6-8-10-17/h6-9,13-14,19H,10-12H2,1-5H3. The highest BCUT2D eigenvalue weighted by atomic mass is 15.1. The van der Waals surface area contributed by atoms with E-state index in [2.05, 4.69) is 70.5 Å². The van der Waals surface area contributed by atoms with Gasteiger partial charge >= 0.3 is 0 Å². The summed E-state index contributed by atoms with van der Waals surface area (Å²) in [5.41, 5.74) is 0.452. The lowest BCUT2D eigenvalue weighted by atomic mass is 9.79. The molecular formula is C17H28N2. The van der Waals surface area contributed by atoms with Crippen LogP contribution in [0.5, 0.6) is 0 Å². The summed E-state index contributed by atoms with van der Waals surface area (Å²) >= 11 is 0. The predicted molar refractivity (Wildman–Crippen MR) is 83.8 cm³/mol. The molecule has 1 atom stereocenters. The van der Waals surface area contributed by atoms with Crippen molar-refractivity contribution in [3.63, 3.8) is 0 Å². The van der Waals surface area contributed by atoms with Crippen LogP contribution in [0.25, 0.3) is 0 Å². The van der Waals surface area contributed by atoms with Crippen LogP contribution >= 0.6 is 0 Å². The number of hydrogen-bond donors (Lipinski definition) is 1. The second-order valence-corrected chi connectivity index (χ2v) is 7.73. The van der Waals surface area contributed by atoms with Gasteiger partial charge in [-0.1, -0.05) is 31.2 Å². The Balaban J connectivity index is 2.06. The van der Waals surface area contributed by atoms with Gasteiger partial charge in [-0.2, -0.15) is 0 Å². The summed E-state index contributed by atoms with van der Waals surface area (Å²) in [6.45, 7) is 11.4. The first-order valence-corrected chi connectivity index (χ1v) is 7.38. The van der Waals surface area contributed by atoms with E-state index in [9.17, 15) is 0 Å². The molecule has 0 amide bonds. The average molecular weight is 260 g/mol. The van der Waals surface area contributed by atoms with Gasteiger partial charge in [-0.3, -0.25) is 4.99 Å². The van der Waals surface area contributed by atoms with E-state index in [4.69, 9.17) is 4.99 Å². The third kappa shape index (κ3) is 4.04. The van der Waals surface area contributed by atoms with E-state index in [1.165, 1.54) is 0 Å². The Hall–Kier alpha value is -0.890. The van der Waals surface area contributed by atoms with Gasteiger partial charge in [-0.25, -0.2) is 0 Å². The molecule has 0 bridgehead atoms. The van der Waals surface area contributed by atoms with Crippen LogP contribution < -0.4 is 5.32 Å². The summed E-state index contributed by atoms with van der Waals surface area (Å²) in [4.78, 5) is 4.92. The van der Waals surface area contributed by atoms with Crippen molar-refractivity contribution in [2.75, 3.05) is 0 Å². The Morgan fingerprint density at radius 1 is 1.05 bits per heavy atom. The van der Waals surface area contributed by atoms with Gasteiger partial charge in [-0.05, 0) is 47.0 Å². The molecule has 1 saturated heterocycles. The number of hydrogen-bond acceptors (Lipinski definition) is 2. The predicted octanol–water partition coefficient (Wildman–Crippen LogP) is 3.89. The summed E-state index contributed by atoms with van der Waals surface area (Å²) in [7, 11) is 0. The van der Waals surface area contributed by atoms with Crippen LogP contribution in [0.15, 0.2) is 29.3 Å². The van der Waals surface area contributed by atoms with Gasteiger partial charge in [0.1, 0.15) is 0 Å². The first kappa shape index (κ1) is 14.5. The summed E-state index contributed by atoms with van der Waals surface area (Å²) in [5, 5.41) is 3.71. The smallest absolute Gasteiger partial charge is 0.0530 e. The minimum atomic E-state index is 0.105. The number of aliphatic imine (C=N–C) groups is 1. The zero-order valence-corrected chi connectivity index (χ0v) is 13.0. The molecule has 1 aliphatic carbocycles. The van der Waals surface area contributed by atoms with E-state index in [0.717, 1.165) is 19.3 Å². The molecule has 19 heavy (non-hydrogen) atoms. The number of piperidine rings is 1. The average Bonchev–Trinajstić information content (AvgIpc) is 2.23. The van der Waals surface area contributed by atoms with Crippen LogP contribution in [0.3, 0.4) is 0 Å². The van der Waals surface area contributed by atoms with Crippen molar-refractivity contribution in [1.29, 1.82) is 0 Å². The molecule has 0 aromatic heterocycles. The Morgan fingerprint density at radius 3 is 2.21 bits per heavy atom. The Labute approximate surface area is 118 Å². The van der Waals surface area contributed by atoms with Crippen molar-refractivity contribution in [3.8, 4) is 0 Å². The molecule has 0 aromatic carbocycles. The van der Waals surface area contributed by atoms with E-state index in [1.54, 1.807) is 0 Å². The fourth-order valence-corrected chi connectivity index (χ4v) is 3.49. The Kier molecular flexibility index (Phi) is 3.74. The minimum absolute atomic E-state index is 0.105. The highest BCUT2D eigenvalue weighted by Gasteiger charge is 2.37. The van der Waals surface area contributed by atoms with Crippen LogP contribution in [0.1, 0.15) is 53.9 Å². The quantitative estimate of drug-likeness (QED) is 0.748. The largest absolute Gasteiger partial charge is 0.307 e. The Bertz CT molecular complexity index is 399. The van der Waals surface area contributed by atoms with Crippen molar-refractivity contribution in [1.82, 2.24) is 5.32 Å². The van der Waals surface area contributed by atoms with Gasteiger partial charge < -0.3 is 5.32 Å². The minimum Gasteiger partial charge on any atom is -0.307 e. The third-order valence-corrected chi connectivity index (χ3v) is 4.03. The molecule has 1 aliphatic heterocycles. The lowest BCUT2D eigenvalue weighted by Gasteiger charge is -2.45. The molecule has 2 nitrogen and oxygen atoms in total. The maximum atomic E-state index is 4.92. The van der Waals surface area contributed by atoms with Crippen LogP contribution in [-0.2, 0) is 0 Å². The molecule has 1 N–H and O–H groups in total. The van der Waals surface area contributed by atoms with Gasteiger partial charge in [0.25, 0.3) is 0 Å². The highest BCUT2D eigenvalue weighted by molar-refractivity contribution is 5.69. The lowest BCUT2D eigenvalue weighted by molar-refractivity contribution is 0.164. The number of allylic oxidation sites excluding steroid dienone is 4. The maximum Gasteiger partial charge on any atom is 0.0530 e. The summed E-state index contributed by atoms with van der Waals surface area (Å²) in [6.07, 6.45) is 14.2. The second kappa shape index (κ2) is 4.90. The van der Waals surface area contributed by atoms with Gasteiger partial charge in [0.2, 0.25) is 0 Å². The van der Waals surface area contributed by atoms with E-state index in [-0.39, 0.29) is 16.5 Å². The fraction of sp³-hybridized carbons (Fsp3) is 0.706. The molecule has 0 spiro atoms. The third-order valence-electron chi connectivity index (χ3n) is 4.03. The van der Waals surface area contributed by atoms with Crippen molar-refractivity contribution >= 4 is 6.21 Å². The second-order valence-electron chi connectivity index (χ2n) is 7.73. The molecular weight excluding hydrogens is 232 g/mol. The lowest BCUT2D eigenvalue weighted by Crippen LogP contribution is -2.58. The normalized spacial score (nSPS) is 33.9. The molecule has 1 unspecified atom stereocenters. The zero-order chi connectivity index (χ0) is 14.1. The number of nitrogens with one attached hydrogen (secondary N) is 1. The van der Waals surface area contributed by atoms with Gasteiger partial charge in [0.15, 0.2) is 0 Å². The summed E-state index contributed by atoms with van der Waals surface area (Å²) in [5.74, 6) is 0. The first-order valence-electron chi connectivity index (χ1n) is 7.38. The first-order chi connectivity index (χ1) is 8.70. The maximum absolute atomic E-state index is 4.92. The van der Waals surface area contributed by atoms with Gasteiger partial charge in [0, 0.05) is 22.7 Å². The number of nitrogens with zero attached hydrogens (tertiary/aromatic N) is 1. The molecule has 1 heterocycles. The van der Waals surface area contributed by atoms with Crippen LogP contribution in [-0.4, -0.2) is 23.3 Å². The van der Waals surface area contributed by atoms with E-state index in [0.29, 0.717) is 6.04 Å². The zero-order valence-electron chi connectivity index (χ0n) is 13.0. The molecule has 0 saturated carbocycles. The summed E-state index contributed by atoms with van der Waals surface area (Å²) < 4.78 is 0. The van der Waals surface area contributed by atoms with Crippen molar-refractivity contribution in [2.24, 2.45) is 10.4 Å². The molecule has 2 aliphatic rings. The monoisotopic (exact) mass is 260 g/mol. The van der Waals surface area contributed by atoms with Gasteiger partial charge in [0.05, 0.1) is 6.04 Å². The van der Waals surface area contributed by atoms with E-state index in [1.807, 2.05) is 0 Å². The SMILES string of the molecule is CC1(C=NC2CC(C)(C)NC(C)(C)C2)C=CC=CC1. The number of rotatable bonds is 2. The highest BCUT2D eigenvalue weighted by Crippen LogP contribution is 2.31. The van der Waals surface area contributed by atoms with Crippen molar-refractivity contribution < 1.29 is 0 Å². The molecule has 2 rings (SSSR count). The fourth-order valence-electron chi connectivity index (χ4n) is 3.49. The van der Waals surface area contributed by atoms with Crippen LogP contribution in [0.2, 0.25) is 0 Å². The molecule has 106 valence electrons. The van der Waals surface area contributed by atoms with Crippen LogP contribution in [0, 0.1) is 5.41 Å². The van der Waals surface area contributed by atoms with Gasteiger partial charge in [-0.15, -0.1) is 0 Å². The Morgan fingerprint density at radius 2 is 1.68 bits per heavy atom.